The summed E-state index contributed by atoms with van der Waals surface area (Å²) in [5, 5.41) is 3.02. The van der Waals surface area contributed by atoms with Crippen molar-refractivity contribution in [2.75, 3.05) is 0 Å². The van der Waals surface area contributed by atoms with E-state index in [1.54, 1.807) is 0 Å². The molecule has 1 amide bonds. The van der Waals surface area contributed by atoms with E-state index in [-0.39, 0.29) is 5.91 Å². The first kappa shape index (κ1) is 8.57. The molecule has 0 aromatic carbocycles. The van der Waals surface area contributed by atoms with Gasteiger partial charge in [0.2, 0.25) is 5.91 Å². The fourth-order valence-electron chi connectivity index (χ4n) is 1.67. The number of hydrogen-bond acceptors (Lipinski definition) is 1. The highest BCUT2D eigenvalue weighted by molar-refractivity contribution is 5.75. The second-order valence-corrected chi connectivity index (χ2v) is 3.54. The van der Waals surface area contributed by atoms with Gasteiger partial charge in [0.15, 0.2) is 0 Å². The van der Waals surface area contributed by atoms with Crippen molar-refractivity contribution in [3.63, 3.8) is 0 Å². The largest absolute Gasteiger partial charge is 0.353 e. The van der Waals surface area contributed by atoms with Crippen LogP contribution < -0.4 is 5.32 Å². The van der Waals surface area contributed by atoms with E-state index in [1.807, 2.05) is 6.92 Å². The predicted molar refractivity (Wildman–Crippen MR) is 45.2 cm³/mol. The maximum absolute atomic E-state index is 11.0. The molecule has 1 N–H and O–H groups in total. The smallest absolute Gasteiger partial charge is 0.219 e. The quantitative estimate of drug-likeness (QED) is 0.646. The van der Waals surface area contributed by atoms with Gasteiger partial charge < -0.3 is 5.32 Å². The lowest BCUT2D eigenvalue weighted by Gasteiger charge is -2.10. The molecular formula is C9H17NO. The average molecular weight is 155 g/mol. The first-order valence-electron chi connectivity index (χ1n) is 4.51. The molecule has 1 saturated carbocycles. The second kappa shape index (κ2) is 3.74. The monoisotopic (exact) mass is 155 g/mol. The highest BCUT2D eigenvalue weighted by Crippen LogP contribution is 2.24. The van der Waals surface area contributed by atoms with Gasteiger partial charge in [0.1, 0.15) is 0 Å². The summed E-state index contributed by atoms with van der Waals surface area (Å²) in [6.07, 6.45) is 4.23. The van der Waals surface area contributed by atoms with Gasteiger partial charge in [0.25, 0.3) is 0 Å². The maximum Gasteiger partial charge on any atom is 0.219 e. The topological polar surface area (TPSA) is 29.1 Å². The molecular weight excluding hydrogens is 138 g/mol. The molecule has 2 atom stereocenters. The van der Waals surface area contributed by atoms with Gasteiger partial charge in [-0.3, -0.25) is 4.79 Å². The zero-order valence-electron chi connectivity index (χ0n) is 7.39. The first-order chi connectivity index (χ1) is 5.22. The summed E-state index contributed by atoms with van der Waals surface area (Å²) in [5.74, 6) is 1.00. The Bertz CT molecular complexity index is 144. The van der Waals surface area contributed by atoms with E-state index in [4.69, 9.17) is 0 Å². The minimum absolute atomic E-state index is 0.198. The van der Waals surface area contributed by atoms with E-state index in [2.05, 4.69) is 12.2 Å². The Morgan fingerprint density at radius 1 is 1.55 bits per heavy atom. The molecule has 0 heterocycles. The average Bonchev–Trinajstić information content (AvgIpc) is 2.35. The number of amides is 1. The zero-order chi connectivity index (χ0) is 8.27. The molecule has 0 spiro atoms. The van der Waals surface area contributed by atoms with Gasteiger partial charge in [0.05, 0.1) is 0 Å². The third-order valence-electron chi connectivity index (χ3n) is 2.38. The Hall–Kier alpha value is -0.530. The van der Waals surface area contributed by atoms with Crippen LogP contribution >= 0.6 is 0 Å². The molecule has 1 fully saturated rings. The predicted octanol–water partition coefficient (Wildman–Crippen LogP) is 1.70. The van der Waals surface area contributed by atoms with E-state index in [0.717, 1.165) is 5.92 Å². The fraction of sp³-hybridized carbons (Fsp3) is 0.889. The molecule has 0 bridgehead atoms. The first-order valence-corrected chi connectivity index (χ1v) is 4.51. The van der Waals surface area contributed by atoms with Crippen LogP contribution in [0, 0.1) is 5.92 Å². The van der Waals surface area contributed by atoms with Crippen molar-refractivity contribution >= 4 is 5.91 Å². The third-order valence-corrected chi connectivity index (χ3v) is 2.38. The summed E-state index contributed by atoms with van der Waals surface area (Å²) in [6.45, 7) is 4.14. The zero-order valence-corrected chi connectivity index (χ0v) is 7.39. The molecule has 2 heteroatoms. The molecule has 1 aliphatic rings. The number of carbonyl (C=O) groups is 1. The Balaban J connectivity index is 2.23. The van der Waals surface area contributed by atoms with Crippen molar-refractivity contribution in [2.24, 2.45) is 5.92 Å². The van der Waals surface area contributed by atoms with Crippen LogP contribution in [0.25, 0.3) is 0 Å². The molecule has 0 radical (unpaired) electrons. The van der Waals surface area contributed by atoms with Gasteiger partial charge in [-0.25, -0.2) is 0 Å². The van der Waals surface area contributed by atoms with E-state index in [1.165, 1.54) is 19.3 Å². The number of carbonyl (C=O) groups excluding carboxylic acids is 1. The van der Waals surface area contributed by atoms with Crippen LogP contribution in [-0.2, 0) is 4.79 Å². The Morgan fingerprint density at radius 3 is 2.73 bits per heavy atom. The van der Waals surface area contributed by atoms with Crippen LogP contribution in [0.4, 0.5) is 0 Å². The van der Waals surface area contributed by atoms with E-state index in [9.17, 15) is 4.79 Å². The van der Waals surface area contributed by atoms with Gasteiger partial charge in [-0.15, -0.1) is 0 Å². The summed E-state index contributed by atoms with van der Waals surface area (Å²) in [5.41, 5.74) is 0. The minimum Gasteiger partial charge on any atom is -0.353 e. The van der Waals surface area contributed by atoms with Crippen molar-refractivity contribution in [1.29, 1.82) is 0 Å². The molecule has 0 aromatic rings. The molecule has 1 rings (SSSR count). The number of hydrogen-bond donors (Lipinski definition) is 1. The summed E-state index contributed by atoms with van der Waals surface area (Å²) in [7, 11) is 0. The Morgan fingerprint density at radius 2 is 2.27 bits per heavy atom. The maximum atomic E-state index is 11.0. The summed E-state index contributed by atoms with van der Waals surface area (Å²) < 4.78 is 0. The third kappa shape index (κ3) is 2.52. The lowest BCUT2D eigenvalue weighted by atomic mass is 10.1. The van der Waals surface area contributed by atoms with Crippen molar-refractivity contribution < 1.29 is 4.79 Å². The lowest BCUT2D eigenvalue weighted by Crippen LogP contribution is -2.32. The molecule has 0 aliphatic heterocycles. The highest BCUT2D eigenvalue weighted by Gasteiger charge is 2.21. The molecule has 1 unspecified atom stereocenters. The van der Waals surface area contributed by atoms with Gasteiger partial charge >= 0.3 is 0 Å². The summed E-state index contributed by atoms with van der Waals surface area (Å²) in [6, 6.07) is 0.470. The van der Waals surface area contributed by atoms with Gasteiger partial charge in [-0.05, 0) is 25.2 Å². The van der Waals surface area contributed by atoms with Crippen molar-refractivity contribution in [3.05, 3.63) is 0 Å². The standard InChI is InChI=1S/C9H17NO/c1-3-9(11)10-8-5-4-7(2)6-8/h7-8H,3-6H2,1-2H3,(H,10,11)/t7?,8-/m1/s1. The molecule has 2 nitrogen and oxygen atoms in total. The summed E-state index contributed by atoms with van der Waals surface area (Å²) >= 11 is 0. The highest BCUT2D eigenvalue weighted by atomic mass is 16.1. The van der Waals surface area contributed by atoms with Gasteiger partial charge in [0, 0.05) is 12.5 Å². The van der Waals surface area contributed by atoms with Crippen LogP contribution in [0.1, 0.15) is 39.5 Å². The lowest BCUT2D eigenvalue weighted by molar-refractivity contribution is -0.121. The van der Waals surface area contributed by atoms with Crippen LogP contribution in [-0.4, -0.2) is 11.9 Å². The number of rotatable bonds is 2. The van der Waals surface area contributed by atoms with Gasteiger partial charge in [-0.1, -0.05) is 13.8 Å². The number of nitrogens with one attached hydrogen (secondary N) is 1. The molecule has 64 valence electrons. The second-order valence-electron chi connectivity index (χ2n) is 3.54. The molecule has 0 aromatic heterocycles. The van der Waals surface area contributed by atoms with Crippen molar-refractivity contribution in [2.45, 2.75) is 45.6 Å². The van der Waals surface area contributed by atoms with Crippen LogP contribution in [0.2, 0.25) is 0 Å². The molecule has 1 aliphatic carbocycles. The molecule has 0 saturated heterocycles. The fourth-order valence-corrected chi connectivity index (χ4v) is 1.67. The van der Waals surface area contributed by atoms with E-state index >= 15 is 0 Å². The van der Waals surface area contributed by atoms with Crippen LogP contribution in [0.3, 0.4) is 0 Å². The van der Waals surface area contributed by atoms with Crippen LogP contribution in [0.15, 0.2) is 0 Å². The van der Waals surface area contributed by atoms with E-state index in [0.29, 0.717) is 12.5 Å². The molecule has 11 heavy (non-hydrogen) atoms. The van der Waals surface area contributed by atoms with Gasteiger partial charge in [-0.2, -0.15) is 0 Å². The SMILES string of the molecule is CCC(=O)N[C@@H]1CCC(C)C1. The summed E-state index contributed by atoms with van der Waals surface area (Å²) in [4.78, 5) is 11.0. The van der Waals surface area contributed by atoms with Crippen molar-refractivity contribution in [3.8, 4) is 0 Å². The minimum atomic E-state index is 0.198. The van der Waals surface area contributed by atoms with E-state index < -0.39 is 0 Å². The Kier molecular flexibility index (Phi) is 2.92. The van der Waals surface area contributed by atoms with Crippen molar-refractivity contribution in [1.82, 2.24) is 5.32 Å². The normalized spacial score (nSPS) is 30.4. The van der Waals surface area contributed by atoms with Crippen LogP contribution in [0.5, 0.6) is 0 Å². The Labute approximate surface area is 68.4 Å².